The zero-order valence-electron chi connectivity index (χ0n) is 20.1. The van der Waals surface area contributed by atoms with Gasteiger partial charge in [0, 0.05) is 29.1 Å². The Labute approximate surface area is 193 Å². The van der Waals surface area contributed by atoms with Crippen LogP contribution in [-0.4, -0.2) is 24.4 Å². The van der Waals surface area contributed by atoms with E-state index in [0.717, 1.165) is 19.4 Å². The van der Waals surface area contributed by atoms with Gasteiger partial charge < -0.3 is 10.6 Å². The van der Waals surface area contributed by atoms with Gasteiger partial charge in [-0.25, -0.2) is 0 Å². The number of thiophene rings is 1. The third kappa shape index (κ3) is 11.9. The van der Waals surface area contributed by atoms with E-state index in [1.165, 1.54) is 42.2 Å². The van der Waals surface area contributed by atoms with E-state index in [4.69, 9.17) is 0 Å². The van der Waals surface area contributed by atoms with Crippen molar-refractivity contribution in [3.8, 4) is 0 Å². The third-order valence-corrected chi connectivity index (χ3v) is 6.09. The number of benzene rings is 1. The second kappa shape index (κ2) is 15.9. The van der Waals surface area contributed by atoms with Gasteiger partial charge in [0.2, 0.25) is 11.8 Å². The van der Waals surface area contributed by atoms with Gasteiger partial charge in [-0.3, -0.25) is 9.59 Å². The lowest BCUT2D eigenvalue weighted by molar-refractivity contribution is -0.125. The lowest BCUT2D eigenvalue weighted by atomic mass is 9.95. The van der Waals surface area contributed by atoms with Crippen molar-refractivity contribution >= 4 is 33.2 Å². The molecule has 2 amide bonds. The molecule has 174 valence electrons. The predicted molar refractivity (Wildman–Crippen MR) is 134 cm³/mol. The highest BCUT2D eigenvalue weighted by Crippen LogP contribution is 2.19. The summed E-state index contributed by atoms with van der Waals surface area (Å²) in [7, 11) is 0. The van der Waals surface area contributed by atoms with Gasteiger partial charge in [0.05, 0.1) is 0 Å². The van der Waals surface area contributed by atoms with Gasteiger partial charge in [0.15, 0.2) is 0 Å². The zero-order valence-corrected chi connectivity index (χ0v) is 20.9. The molecule has 0 bridgehead atoms. The Morgan fingerprint density at radius 1 is 0.968 bits per heavy atom. The SMILES string of the molecule is CC(C)C(=O)NC1CCCCC1.CCCCNC(=O)C(C)C.c1ccc2sccc2c1. The molecule has 2 N–H and O–H groups in total. The Morgan fingerprint density at radius 2 is 1.61 bits per heavy atom. The molecule has 31 heavy (non-hydrogen) atoms. The summed E-state index contributed by atoms with van der Waals surface area (Å²) >= 11 is 1.79. The van der Waals surface area contributed by atoms with Crippen LogP contribution in [0, 0.1) is 11.8 Å². The Morgan fingerprint density at radius 3 is 2.19 bits per heavy atom. The summed E-state index contributed by atoms with van der Waals surface area (Å²) < 4.78 is 1.37. The minimum absolute atomic E-state index is 0.122. The molecular weight excluding hydrogens is 404 g/mol. The third-order valence-electron chi connectivity index (χ3n) is 5.19. The first-order valence-corrected chi connectivity index (χ1v) is 12.7. The van der Waals surface area contributed by atoms with Gasteiger partial charge in [-0.15, -0.1) is 11.3 Å². The molecule has 1 aromatic heterocycles. The minimum Gasteiger partial charge on any atom is -0.356 e. The van der Waals surface area contributed by atoms with E-state index in [1.54, 1.807) is 11.3 Å². The maximum Gasteiger partial charge on any atom is 0.222 e. The number of hydrogen-bond donors (Lipinski definition) is 2. The Balaban J connectivity index is 0.000000235. The van der Waals surface area contributed by atoms with Gasteiger partial charge in [-0.05, 0) is 42.2 Å². The number of hydrogen-bond acceptors (Lipinski definition) is 3. The average Bonchev–Trinajstić information content (AvgIpc) is 3.24. The summed E-state index contributed by atoms with van der Waals surface area (Å²) in [5.74, 6) is 0.624. The zero-order chi connectivity index (χ0) is 23.1. The average molecular weight is 447 g/mol. The molecule has 0 saturated heterocycles. The van der Waals surface area contributed by atoms with Crippen molar-refractivity contribution in [3.05, 3.63) is 35.7 Å². The number of amides is 2. The molecule has 2 aromatic rings. The first-order chi connectivity index (χ1) is 14.8. The largest absolute Gasteiger partial charge is 0.356 e. The van der Waals surface area contributed by atoms with Crippen molar-refractivity contribution in [3.63, 3.8) is 0 Å². The van der Waals surface area contributed by atoms with E-state index in [2.05, 4.69) is 53.3 Å². The van der Waals surface area contributed by atoms with Crippen LogP contribution in [0.25, 0.3) is 10.1 Å². The quantitative estimate of drug-likeness (QED) is 0.494. The van der Waals surface area contributed by atoms with Crippen molar-refractivity contribution in [1.82, 2.24) is 10.6 Å². The normalized spacial score (nSPS) is 13.8. The van der Waals surface area contributed by atoms with Gasteiger partial charge in [-0.2, -0.15) is 0 Å². The van der Waals surface area contributed by atoms with Crippen molar-refractivity contribution < 1.29 is 9.59 Å². The fraction of sp³-hybridized carbons (Fsp3) is 0.615. The molecule has 0 unspecified atom stereocenters. The second-order valence-corrected chi connectivity index (χ2v) is 9.70. The summed E-state index contributed by atoms with van der Waals surface area (Å²) in [5, 5.41) is 9.39. The van der Waals surface area contributed by atoms with Crippen LogP contribution in [0.5, 0.6) is 0 Å². The van der Waals surface area contributed by atoms with E-state index in [-0.39, 0.29) is 23.7 Å². The maximum absolute atomic E-state index is 11.3. The number of carbonyl (C=O) groups excluding carboxylic acids is 2. The van der Waals surface area contributed by atoms with Crippen LogP contribution in [-0.2, 0) is 9.59 Å². The molecule has 0 atom stereocenters. The minimum atomic E-state index is 0.122. The number of rotatable bonds is 6. The van der Waals surface area contributed by atoms with Crippen LogP contribution in [0.4, 0.5) is 0 Å². The molecule has 0 spiro atoms. The topological polar surface area (TPSA) is 58.2 Å². The fourth-order valence-electron chi connectivity index (χ4n) is 3.11. The van der Waals surface area contributed by atoms with E-state index >= 15 is 0 Å². The van der Waals surface area contributed by atoms with Crippen LogP contribution in [0.3, 0.4) is 0 Å². The van der Waals surface area contributed by atoms with E-state index < -0.39 is 0 Å². The first-order valence-electron chi connectivity index (χ1n) is 11.9. The summed E-state index contributed by atoms with van der Waals surface area (Å²) in [6.45, 7) is 10.6. The van der Waals surface area contributed by atoms with Crippen molar-refractivity contribution in [2.24, 2.45) is 11.8 Å². The number of fused-ring (bicyclic) bond motifs is 1. The highest BCUT2D eigenvalue weighted by molar-refractivity contribution is 7.17. The molecular formula is C26H42N2O2S. The van der Waals surface area contributed by atoms with Crippen LogP contribution < -0.4 is 10.6 Å². The molecule has 1 aromatic carbocycles. The molecule has 1 fully saturated rings. The molecule has 5 heteroatoms. The smallest absolute Gasteiger partial charge is 0.222 e. The van der Waals surface area contributed by atoms with E-state index in [9.17, 15) is 9.59 Å². The van der Waals surface area contributed by atoms with Crippen LogP contribution in [0.1, 0.15) is 79.6 Å². The summed E-state index contributed by atoms with van der Waals surface area (Å²) in [4.78, 5) is 22.2. The van der Waals surface area contributed by atoms with Crippen molar-refractivity contribution in [2.75, 3.05) is 6.54 Å². The maximum atomic E-state index is 11.3. The highest BCUT2D eigenvalue weighted by atomic mass is 32.1. The predicted octanol–water partition coefficient (Wildman–Crippen LogP) is 6.55. The summed E-state index contributed by atoms with van der Waals surface area (Å²) in [6, 6.07) is 11.0. The molecule has 1 heterocycles. The van der Waals surface area contributed by atoms with Gasteiger partial charge in [0.1, 0.15) is 0 Å². The lowest BCUT2D eigenvalue weighted by Crippen LogP contribution is -2.38. The number of carbonyl (C=O) groups is 2. The molecule has 1 aliphatic carbocycles. The van der Waals surface area contributed by atoms with Crippen molar-refractivity contribution in [1.29, 1.82) is 0 Å². The summed E-state index contributed by atoms with van der Waals surface area (Å²) in [6.07, 6.45) is 8.48. The van der Waals surface area contributed by atoms with Gasteiger partial charge in [-0.1, -0.05) is 78.5 Å². The Hall–Kier alpha value is -1.88. The number of nitrogens with one attached hydrogen (secondary N) is 2. The molecule has 4 nitrogen and oxygen atoms in total. The number of unbranched alkanes of at least 4 members (excludes halogenated alkanes) is 1. The van der Waals surface area contributed by atoms with Crippen molar-refractivity contribution in [2.45, 2.75) is 85.6 Å². The first kappa shape index (κ1) is 27.2. The Kier molecular flexibility index (Phi) is 13.9. The lowest BCUT2D eigenvalue weighted by Gasteiger charge is -2.23. The molecule has 1 aliphatic rings. The van der Waals surface area contributed by atoms with Gasteiger partial charge in [0.25, 0.3) is 0 Å². The van der Waals surface area contributed by atoms with Crippen LogP contribution >= 0.6 is 11.3 Å². The Bertz CT molecular complexity index is 718. The monoisotopic (exact) mass is 446 g/mol. The molecule has 0 aliphatic heterocycles. The summed E-state index contributed by atoms with van der Waals surface area (Å²) in [5.41, 5.74) is 0. The van der Waals surface area contributed by atoms with Crippen LogP contribution in [0.2, 0.25) is 0 Å². The van der Waals surface area contributed by atoms with E-state index in [0.29, 0.717) is 6.04 Å². The van der Waals surface area contributed by atoms with E-state index in [1.807, 2.05) is 27.7 Å². The van der Waals surface area contributed by atoms with Gasteiger partial charge >= 0.3 is 0 Å². The highest BCUT2D eigenvalue weighted by Gasteiger charge is 2.16. The standard InChI is InChI=1S/C10H19NO.C8H17NO.C8H6S/c1-8(2)10(12)11-9-6-4-3-5-7-9;1-4-5-6-9-8(10)7(2)3;1-2-4-8-7(3-1)5-6-9-8/h8-9H,3-7H2,1-2H3,(H,11,12);7H,4-6H2,1-3H3,(H,9,10);1-6H. The van der Waals surface area contributed by atoms with Crippen LogP contribution in [0.15, 0.2) is 35.7 Å². The fourth-order valence-corrected chi connectivity index (χ4v) is 3.90. The molecule has 0 radical (unpaired) electrons. The molecule has 3 rings (SSSR count). The molecule has 1 saturated carbocycles. The second-order valence-electron chi connectivity index (χ2n) is 8.76.